The monoisotopic (exact) mass is 219 g/mol. The van der Waals surface area contributed by atoms with E-state index in [-0.39, 0.29) is 23.2 Å². The van der Waals surface area contributed by atoms with Gasteiger partial charge in [0.2, 0.25) is 5.91 Å². The van der Waals surface area contributed by atoms with Crippen LogP contribution in [0, 0.1) is 17.2 Å². The molecule has 1 amide bonds. The number of nitrogens with zero attached hydrogens (tertiary/aromatic N) is 1. The first kappa shape index (κ1) is 9.82. The van der Waals surface area contributed by atoms with Gasteiger partial charge in [-0.2, -0.15) is 0 Å². The lowest BCUT2D eigenvalue weighted by atomic mass is 10.0. The first-order valence-electron chi connectivity index (χ1n) is 5.57. The summed E-state index contributed by atoms with van der Waals surface area (Å²) in [6.07, 6.45) is 0.970. The third-order valence-electron chi connectivity index (χ3n) is 4.12. The Bertz CT molecular complexity index is 456. The number of halogens is 1. The minimum atomic E-state index is -0.228. The Morgan fingerprint density at radius 1 is 1.38 bits per heavy atom. The number of hydrogen-bond donors (Lipinski definition) is 0. The third kappa shape index (κ3) is 1.09. The molecule has 0 radical (unpaired) electrons. The fourth-order valence-corrected chi connectivity index (χ4v) is 3.02. The molecule has 1 aliphatic carbocycles. The van der Waals surface area contributed by atoms with Crippen LogP contribution in [0.3, 0.4) is 0 Å². The maximum Gasteiger partial charge on any atom is 0.229 e. The topological polar surface area (TPSA) is 20.3 Å². The van der Waals surface area contributed by atoms with Crippen LogP contribution >= 0.6 is 0 Å². The summed E-state index contributed by atoms with van der Waals surface area (Å²) in [4.78, 5) is 13.8. The van der Waals surface area contributed by atoms with Crippen molar-refractivity contribution in [2.75, 3.05) is 7.05 Å². The van der Waals surface area contributed by atoms with E-state index in [9.17, 15) is 9.18 Å². The molecule has 0 N–H and O–H groups in total. The van der Waals surface area contributed by atoms with Crippen LogP contribution in [0.4, 0.5) is 4.39 Å². The van der Waals surface area contributed by atoms with Crippen LogP contribution in [0.5, 0.6) is 0 Å². The van der Waals surface area contributed by atoms with Gasteiger partial charge in [0.05, 0.1) is 11.5 Å². The lowest BCUT2D eigenvalue weighted by Crippen LogP contribution is -2.29. The Morgan fingerprint density at radius 3 is 2.50 bits per heavy atom. The van der Waals surface area contributed by atoms with Crippen molar-refractivity contribution in [1.82, 2.24) is 4.90 Å². The van der Waals surface area contributed by atoms with Crippen LogP contribution in [0.25, 0.3) is 0 Å². The number of likely N-dealkylation sites (tertiary alicyclic amines) is 1. The fourth-order valence-electron chi connectivity index (χ4n) is 3.02. The van der Waals surface area contributed by atoms with Crippen molar-refractivity contribution >= 4 is 5.91 Å². The first-order chi connectivity index (χ1) is 7.54. The van der Waals surface area contributed by atoms with E-state index in [4.69, 9.17) is 0 Å². The Labute approximate surface area is 94.1 Å². The van der Waals surface area contributed by atoms with Gasteiger partial charge in [0.15, 0.2) is 0 Å². The Kier molecular flexibility index (Phi) is 1.74. The van der Waals surface area contributed by atoms with E-state index in [0.29, 0.717) is 5.92 Å². The Balaban J connectivity index is 1.97. The molecule has 3 heteroatoms. The number of hydrogen-bond acceptors (Lipinski definition) is 1. The normalized spacial score (nSPS) is 36.4. The smallest absolute Gasteiger partial charge is 0.229 e. The number of amides is 1. The predicted molar refractivity (Wildman–Crippen MR) is 58.1 cm³/mol. The molecule has 16 heavy (non-hydrogen) atoms. The van der Waals surface area contributed by atoms with E-state index in [1.54, 1.807) is 17.0 Å². The van der Waals surface area contributed by atoms with E-state index in [1.807, 2.05) is 14.0 Å². The summed E-state index contributed by atoms with van der Waals surface area (Å²) in [5.74, 6) is 0.413. The standard InChI is InChI=1S/C13H14FNO/c1-13-7-10(13)11(15(2)12(13)16)8-3-5-9(14)6-4-8/h3-6,10-11H,7H2,1-2H3/t10-,11-,13-/m0/s1. The second kappa shape index (κ2) is 2.84. The lowest BCUT2D eigenvalue weighted by molar-refractivity contribution is -0.133. The quantitative estimate of drug-likeness (QED) is 0.710. The molecular weight excluding hydrogens is 205 g/mol. The van der Waals surface area contributed by atoms with Crippen molar-refractivity contribution in [2.45, 2.75) is 19.4 Å². The molecular formula is C13H14FNO. The summed E-state index contributed by atoms with van der Waals surface area (Å²) >= 11 is 0. The molecule has 0 bridgehead atoms. The van der Waals surface area contributed by atoms with Gasteiger partial charge in [-0.3, -0.25) is 4.79 Å². The average Bonchev–Trinajstić information content (AvgIpc) is 2.89. The summed E-state index contributed by atoms with van der Waals surface area (Å²) in [6, 6.07) is 6.64. The van der Waals surface area contributed by atoms with Crippen molar-refractivity contribution in [1.29, 1.82) is 0 Å². The predicted octanol–water partition coefficient (Wildman–Crippen LogP) is 2.37. The first-order valence-corrected chi connectivity index (χ1v) is 5.57. The van der Waals surface area contributed by atoms with E-state index >= 15 is 0 Å². The summed E-state index contributed by atoms with van der Waals surface area (Å²) in [6.45, 7) is 2.03. The average molecular weight is 219 g/mol. The molecule has 1 saturated heterocycles. The molecule has 1 heterocycles. The highest BCUT2D eigenvalue weighted by Gasteiger charge is 2.67. The molecule has 0 unspecified atom stereocenters. The van der Waals surface area contributed by atoms with Gasteiger partial charge in [-0.1, -0.05) is 19.1 Å². The van der Waals surface area contributed by atoms with Crippen LogP contribution in [-0.4, -0.2) is 17.9 Å². The second-order valence-electron chi connectivity index (χ2n) is 5.14. The minimum absolute atomic E-state index is 0.137. The summed E-state index contributed by atoms with van der Waals surface area (Å²) in [5.41, 5.74) is 0.900. The number of rotatable bonds is 1. The zero-order valence-electron chi connectivity index (χ0n) is 9.40. The number of fused-ring (bicyclic) bond motifs is 1. The molecule has 1 aromatic rings. The second-order valence-corrected chi connectivity index (χ2v) is 5.14. The molecule has 2 fully saturated rings. The summed E-state index contributed by atoms with van der Waals surface area (Å²) in [7, 11) is 1.84. The molecule has 2 nitrogen and oxygen atoms in total. The van der Waals surface area contributed by atoms with Crippen LogP contribution in [0.2, 0.25) is 0 Å². The van der Waals surface area contributed by atoms with E-state index in [1.165, 1.54) is 12.1 Å². The molecule has 1 aromatic carbocycles. The van der Waals surface area contributed by atoms with Gasteiger partial charge >= 0.3 is 0 Å². The molecule has 84 valence electrons. The summed E-state index contributed by atoms with van der Waals surface area (Å²) in [5, 5.41) is 0. The minimum Gasteiger partial charge on any atom is -0.338 e. The SMILES string of the molecule is CN1C(=O)[C@@]2(C)C[C@H]2[C@@H]1c1ccc(F)cc1. The van der Waals surface area contributed by atoms with Crippen molar-refractivity contribution in [3.63, 3.8) is 0 Å². The number of piperidine rings is 1. The van der Waals surface area contributed by atoms with Gasteiger partial charge in [-0.15, -0.1) is 0 Å². The van der Waals surface area contributed by atoms with Crippen molar-refractivity contribution in [2.24, 2.45) is 11.3 Å². The third-order valence-corrected chi connectivity index (χ3v) is 4.12. The molecule has 1 aliphatic heterocycles. The zero-order valence-corrected chi connectivity index (χ0v) is 9.40. The Hall–Kier alpha value is -1.38. The molecule has 0 aromatic heterocycles. The molecule has 0 spiro atoms. The molecule has 3 atom stereocenters. The molecule has 2 aliphatic rings. The van der Waals surface area contributed by atoms with Gasteiger partial charge in [0, 0.05) is 7.05 Å². The number of carbonyl (C=O) groups excluding carboxylic acids is 1. The number of carbonyl (C=O) groups is 1. The van der Waals surface area contributed by atoms with Gasteiger partial charge in [0.25, 0.3) is 0 Å². The van der Waals surface area contributed by atoms with Crippen molar-refractivity contribution < 1.29 is 9.18 Å². The summed E-state index contributed by atoms with van der Waals surface area (Å²) < 4.78 is 12.8. The van der Waals surface area contributed by atoms with Crippen molar-refractivity contribution in [3.05, 3.63) is 35.6 Å². The van der Waals surface area contributed by atoms with Crippen LogP contribution in [-0.2, 0) is 4.79 Å². The van der Waals surface area contributed by atoms with Crippen LogP contribution < -0.4 is 0 Å². The van der Waals surface area contributed by atoms with Crippen LogP contribution in [0.15, 0.2) is 24.3 Å². The van der Waals surface area contributed by atoms with Gasteiger partial charge < -0.3 is 4.90 Å². The number of benzene rings is 1. The van der Waals surface area contributed by atoms with Gasteiger partial charge in [0.1, 0.15) is 5.82 Å². The van der Waals surface area contributed by atoms with E-state index < -0.39 is 0 Å². The highest BCUT2D eigenvalue weighted by atomic mass is 19.1. The van der Waals surface area contributed by atoms with Crippen LogP contribution in [0.1, 0.15) is 24.9 Å². The maximum absolute atomic E-state index is 12.8. The highest BCUT2D eigenvalue weighted by Crippen LogP contribution is 2.65. The zero-order chi connectivity index (χ0) is 11.5. The largest absolute Gasteiger partial charge is 0.338 e. The molecule has 3 rings (SSSR count). The fraction of sp³-hybridized carbons (Fsp3) is 0.462. The van der Waals surface area contributed by atoms with Crippen molar-refractivity contribution in [3.8, 4) is 0 Å². The lowest BCUT2D eigenvalue weighted by Gasteiger charge is -2.23. The van der Waals surface area contributed by atoms with E-state index in [0.717, 1.165) is 12.0 Å². The van der Waals surface area contributed by atoms with Gasteiger partial charge in [-0.05, 0) is 30.0 Å². The van der Waals surface area contributed by atoms with Gasteiger partial charge in [-0.25, -0.2) is 4.39 Å². The Morgan fingerprint density at radius 2 is 2.00 bits per heavy atom. The maximum atomic E-state index is 12.8. The van der Waals surface area contributed by atoms with E-state index in [2.05, 4.69) is 0 Å². The molecule has 1 saturated carbocycles. The highest BCUT2D eigenvalue weighted by molar-refractivity contribution is 5.89.